The van der Waals surface area contributed by atoms with Crippen molar-refractivity contribution in [1.29, 1.82) is 0 Å². The first-order chi connectivity index (χ1) is 14.5. The van der Waals surface area contributed by atoms with Gasteiger partial charge in [0.15, 0.2) is 5.69 Å². The lowest BCUT2D eigenvalue weighted by molar-refractivity contribution is -0.140. The second-order valence-electron chi connectivity index (χ2n) is 8.06. The summed E-state index contributed by atoms with van der Waals surface area (Å²) >= 11 is 0. The number of aromatic amines is 2. The number of H-pyrrole nitrogens is 2. The number of alkyl halides is 3. The average Bonchev–Trinajstić information content (AvgIpc) is 3.35. The maximum absolute atomic E-state index is 13.6. The van der Waals surface area contributed by atoms with E-state index in [-0.39, 0.29) is 5.56 Å². The number of hydrogen-bond acceptors (Lipinski definition) is 4. The van der Waals surface area contributed by atoms with Crippen molar-refractivity contribution >= 4 is 27.5 Å². The lowest BCUT2D eigenvalue weighted by atomic mass is 9.85. The van der Waals surface area contributed by atoms with Crippen molar-refractivity contribution in [2.75, 3.05) is 18.0 Å². The molecule has 0 bridgehead atoms. The maximum Gasteiger partial charge on any atom is 0.435 e. The number of hydrogen-bond donors (Lipinski definition) is 2. The largest absolute Gasteiger partial charge is 0.435 e. The maximum atomic E-state index is 13.6. The van der Waals surface area contributed by atoms with Crippen molar-refractivity contribution in [3.05, 3.63) is 35.3 Å². The Morgan fingerprint density at radius 2 is 1.83 bits per heavy atom. The highest BCUT2D eigenvalue weighted by Gasteiger charge is 2.38. The molecule has 0 unspecified atom stereocenters. The molecule has 2 N–H and O–H groups in total. The summed E-state index contributed by atoms with van der Waals surface area (Å²) in [6, 6.07) is 2.02. The van der Waals surface area contributed by atoms with Gasteiger partial charge >= 0.3 is 6.18 Å². The van der Waals surface area contributed by atoms with Crippen molar-refractivity contribution in [2.24, 2.45) is 0 Å². The van der Waals surface area contributed by atoms with Gasteiger partial charge in [-0.1, -0.05) is 0 Å². The quantitative estimate of drug-likeness (QED) is 0.504. The highest BCUT2D eigenvalue weighted by molar-refractivity contribution is 6.13. The van der Waals surface area contributed by atoms with E-state index < -0.39 is 11.9 Å². The minimum atomic E-state index is -4.54. The van der Waals surface area contributed by atoms with Crippen LogP contribution >= 0.6 is 0 Å². The van der Waals surface area contributed by atoms with E-state index in [1.54, 1.807) is 6.20 Å². The molecule has 0 atom stereocenters. The number of nitrogens with one attached hydrogen (secondary N) is 2. The van der Waals surface area contributed by atoms with Crippen LogP contribution < -0.4 is 4.90 Å². The number of pyridine rings is 1. The van der Waals surface area contributed by atoms with Crippen LogP contribution in [-0.4, -0.2) is 38.5 Å². The highest BCUT2D eigenvalue weighted by atomic mass is 19.4. The molecule has 6 rings (SSSR count). The predicted octanol–water partition coefficient (Wildman–Crippen LogP) is 4.61. The van der Waals surface area contributed by atoms with E-state index >= 15 is 0 Å². The monoisotopic (exact) mass is 412 g/mol. The zero-order chi connectivity index (χ0) is 20.5. The number of halogens is 3. The minimum absolute atomic E-state index is 0.0319. The first kappa shape index (κ1) is 17.7. The number of nitrogens with zero attached hydrogens (tertiary/aromatic N) is 4. The molecule has 1 aliphatic carbocycles. The SMILES string of the molecule is FC(F)(F)c1n[nH]cc1-c1nc2c(N3CCC3)cc3[nH]ncc3c2c2c1CCCC2. The third-order valence-corrected chi connectivity index (χ3v) is 6.34. The van der Waals surface area contributed by atoms with Gasteiger partial charge in [-0.25, -0.2) is 4.98 Å². The fourth-order valence-corrected chi connectivity index (χ4v) is 4.81. The fourth-order valence-electron chi connectivity index (χ4n) is 4.81. The molecule has 30 heavy (non-hydrogen) atoms. The van der Waals surface area contributed by atoms with E-state index in [1.807, 2.05) is 6.07 Å². The summed E-state index contributed by atoms with van der Waals surface area (Å²) in [5, 5.41) is 15.2. The van der Waals surface area contributed by atoms with Gasteiger partial charge in [0.1, 0.15) is 0 Å². The van der Waals surface area contributed by atoms with Crippen molar-refractivity contribution in [2.45, 2.75) is 38.3 Å². The third-order valence-electron chi connectivity index (χ3n) is 6.34. The Labute approximate surface area is 169 Å². The Kier molecular flexibility index (Phi) is 3.66. The number of fused-ring (bicyclic) bond motifs is 5. The molecule has 1 saturated heterocycles. The Morgan fingerprint density at radius 3 is 2.57 bits per heavy atom. The van der Waals surface area contributed by atoms with Gasteiger partial charge in [0.25, 0.3) is 0 Å². The number of aromatic nitrogens is 5. The molecule has 0 radical (unpaired) electrons. The van der Waals surface area contributed by atoms with Crippen LogP contribution in [0, 0.1) is 0 Å². The van der Waals surface area contributed by atoms with Crippen molar-refractivity contribution < 1.29 is 13.2 Å². The molecule has 2 aliphatic rings. The van der Waals surface area contributed by atoms with Gasteiger partial charge in [-0.2, -0.15) is 23.4 Å². The van der Waals surface area contributed by atoms with E-state index in [0.717, 1.165) is 77.4 Å². The van der Waals surface area contributed by atoms with Gasteiger partial charge in [0.2, 0.25) is 0 Å². The van der Waals surface area contributed by atoms with Crippen LogP contribution in [-0.2, 0) is 19.0 Å². The Hall–Kier alpha value is -3.10. The van der Waals surface area contributed by atoms with Crippen molar-refractivity contribution in [3.8, 4) is 11.3 Å². The Morgan fingerprint density at radius 1 is 1.03 bits per heavy atom. The van der Waals surface area contributed by atoms with Crippen LogP contribution in [0.15, 0.2) is 18.5 Å². The second-order valence-corrected chi connectivity index (χ2v) is 8.06. The topological polar surface area (TPSA) is 73.5 Å². The molecule has 6 nitrogen and oxygen atoms in total. The predicted molar refractivity (Wildman–Crippen MR) is 107 cm³/mol. The molecule has 1 aliphatic heterocycles. The number of rotatable bonds is 2. The summed E-state index contributed by atoms with van der Waals surface area (Å²) < 4.78 is 40.9. The van der Waals surface area contributed by atoms with Gasteiger partial charge in [0.05, 0.1) is 34.2 Å². The standard InChI is InChI=1S/C21H19F3N6/c22-21(23,24)20-14(10-26-29-20)18-12-5-2-1-4-11(12)17-13-9-25-28-15(13)8-16(19(17)27-18)30-6-3-7-30/h8-10H,1-7H2,(H,25,28)(H,26,29). The number of benzene rings is 1. The van der Waals surface area contributed by atoms with Crippen LogP contribution in [0.1, 0.15) is 36.1 Å². The van der Waals surface area contributed by atoms with Crippen LogP contribution in [0.5, 0.6) is 0 Å². The molecule has 1 aromatic carbocycles. The summed E-state index contributed by atoms with van der Waals surface area (Å²) in [7, 11) is 0. The molecular formula is C21H19F3N6. The molecule has 0 amide bonds. The molecule has 0 spiro atoms. The normalized spacial score (nSPS) is 16.8. The summed E-state index contributed by atoms with van der Waals surface area (Å²) in [5.41, 5.74) is 4.19. The Balaban J connectivity index is 1.73. The summed E-state index contributed by atoms with van der Waals surface area (Å²) in [6.07, 6.45) is 3.16. The average molecular weight is 412 g/mol. The van der Waals surface area contributed by atoms with Crippen LogP contribution in [0.2, 0.25) is 0 Å². The van der Waals surface area contributed by atoms with Crippen molar-refractivity contribution in [1.82, 2.24) is 25.4 Å². The Bertz CT molecular complexity index is 1280. The minimum Gasteiger partial charge on any atom is -0.370 e. The van der Waals surface area contributed by atoms with E-state index in [2.05, 4.69) is 25.3 Å². The first-order valence-corrected chi connectivity index (χ1v) is 10.2. The molecule has 3 aromatic heterocycles. The van der Waals surface area contributed by atoms with Gasteiger partial charge in [-0.15, -0.1) is 0 Å². The summed E-state index contributed by atoms with van der Waals surface area (Å²) in [5.74, 6) is 0. The molecule has 9 heteroatoms. The lowest BCUT2D eigenvalue weighted by Gasteiger charge is -2.34. The second kappa shape index (κ2) is 6.20. The van der Waals surface area contributed by atoms with Gasteiger partial charge in [-0.3, -0.25) is 10.2 Å². The molecule has 4 aromatic rings. The van der Waals surface area contributed by atoms with Gasteiger partial charge in [-0.05, 0) is 49.3 Å². The van der Waals surface area contributed by atoms with Crippen LogP contribution in [0.4, 0.5) is 18.9 Å². The van der Waals surface area contributed by atoms with E-state index in [9.17, 15) is 13.2 Å². The summed E-state index contributed by atoms with van der Waals surface area (Å²) in [4.78, 5) is 7.13. The first-order valence-electron chi connectivity index (χ1n) is 10.2. The zero-order valence-electron chi connectivity index (χ0n) is 16.1. The fraction of sp³-hybridized carbons (Fsp3) is 0.381. The lowest BCUT2D eigenvalue weighted by Crippen LogP contribution is -2.37. The van der Waals surface area contributed by atoms with Crippen LogP contribution in [0.25, 0.3) is 33.1 Å². The molecule has 4 heterocycles. The van der Waals surface area contributed by atoms with E-state index in [4.69, 9.17) is 4.98 Å². The van der Waals surface area contributed by atoms with Gasteiger partial charge in [0, 0.05) is 30.1 Å². The summed E-state index contributed by atoms with van der Waals surface area (Å²) in [6.45, 7) is 1.84. The molecule has 154 valence electrons. The van der Waals surface area contributed by atoms with Gasteiger partial charge < -0.3 is 4.90 Å². The smallest absolute Gasteiger partial charge is 0.370 e. The van der Waals surface area contributed by atoms with E-state index in [0.29, 0.717) is 12.1 Å². The van der Waals surface area contributed by atoms with E-state index in [1.165, 1.54) is 6.20 Å². The molecule has 0 saturated carbocycles. The highest BCUT2D eigenvalue weighted by Crippen LogP contribution is 2.44. The van der Waals surface area contributed by atoms with Crippen LogP contribution in [0.3, 0.4) is 0 Å². The number of anilines is 1. The molecule has 1 fully saturated rings. The molecular weight excluding hydrogens is 393 g/mol. The third kappa shape index (κ3) is 2.47. The van der Waals surface area contributed by atoms with Crippen molar-refractivity contribution in [3.63, 3.8) is 0 Å². The number of aryl methyl sites for hydroxylation is 1. The zero-order valence-corrected chi connectivity index (χ0v) is 16.1.